The Morgan fingerprint density at radius 2 is 1.81 bits per heavy atom. The van der Waals surface area contributed by atoms with Gasteiger partial charge in [0.2, 0.25) is 17.6 Å². The molecule has 0 radical (unpaired) electrons. The van der Waals surface area contributed by atoms with E-state index in [-0.39, 0.29) is 30.7 Å². The van der Waals surface area contributed by atoms with Crippen molar-refractivity contribution in [2.24, 2.45) is 5.73 Å². The Balaban J connectivity index is 0.00000182. The van der Waals surface area contributed by atoms with Crippen LogP contribution in [0.1, 0.15) is 24.3 Å². The molecule has 0 spiro atoms. The summed E-state index contributed by atoms with van der Waals surface area (Å²) in [5.74, 6) is 1.42. The van der Waals surface area contributed by atoms with E-state index in [4.69, 9.17) is 10.3 Å². The summed E-state index contributed by atoms with van der Waals surface area (Å²) in [4.78, 5) is 20.7. The van der Waals surface area contributed by atoms with E-state index < -0.39 is 0 Å². The minimum Gasteiger partial charge on any atom is -0.340 e. The second kappa shape index (κ2) is 11.2. The van der Waals surface area contributed by atoms with Crippen LogP contribution in [0.4, 0.5) is 0 Å². The van der Waals surface area contributed by atoms with Gasteiger partial charge in [0, 0.05) is 38.2 Å². The van der Waals surface area contributed by atoms with Crippen molar-refractivity contribution >= 4 is 30.7 Å². The van der Waals surface area contributed by atoms with Crippen LogP contribution in [0.15, 0.2) is 28.8 Å². The molecule has 1 saturated heterocycles. The van der Waals surface area contributed by atoms with E-state index in [9.17, 15) is 4.79 Å². The van der Waals surface area contributed by atoms with Gasteiger partial charge in [-0.1, -0.05) is 35.0 Å². The highest BCUT2D eigenvalue weighted by atomic mass is 35.5. The summed E-state index contributed by atoms with van der Waals surface area (Å²) in [6.45, 7) is 6.33. The van der Waals surface area contributed by atoms with Gasteiger partial charge in [0.15, 0.2) is 0 Å². The smallest absolute Gasteiger partial charge is 0.241 e. The van der Waals surface area contributed by atoms with Gasteiger partial charge >= 0.3 is 0 Å². The molecule has 150 valence electrons. The van der Waals surface area contributed by atoms with Crippen LogP contribution in [0.2, 0.25) is 0 Å². The second-order valence-electron chi connectivity index (χ2n) is 6.43. The van der Waals surface area contributed by atoms with E-state index in [1.807, 2.05) is 36.1 Å². The van der Waals surface area contributed by atoms with Crippen LogP contribution >= 0.6 is 24.8 Å². The number of benzene rings is 1. The van der Waals surface area contributed by atoms with Gasteiger partial charge < -0.3 is 15.2 Å². The minimum atomic E-state index is 0. The number of nitrogens with two attached hydrogens (primary N) is 1. The monoisotopic (exact) mass is 415 g/mol. The van der Waals surface area contributed by atoms with Crippen molar-refractivity contribution in [2.45, 2.75) is 26.3 Å². The number of aromatic nitrogens is 2. The maximum atomic E-state index is 12.0. The predicted molar refractivity (Wildman–Crippen MR) is 109 cm³/mol. The van der Waals surface area contributed by atoms with Crippen molar-refractivity contribution in [1.29, 1.82) is 0 Å². The van der Waals surface area contributed by atoms with E-state index in [1.54, 1.807) is 0 Å². The third-order valence-electron chi connectivity index (χ3n) is 4.46. The fraction of sp³-hybridized carbons (Fsp3) is 0.500. The Hall–Kier alpha value is -1.67. The van der Waals surface area contributed by atoms with Crippen molar-refractivity contribution < 1.29 is 9.32 Å². The van der Waals surface area contributed by atoms with Gasteiger partial charge in [-0.15, -0.1) is 24.8 Å². The quantitative estimate of drug-likeness (QED) is 0.777. The van der Waals surface area contributed by atoms with E-state index in [0.717, 1.165) is 38.2 Å². The summed E-state index contributed by atoms with van der Waals surface area (Å²) < 4.78 is 5.38. The molecule has 1 aromatic heterocycles. The lowest BCUT2D eigenvalue weighted by Crippen LogP contribution is -2.48. The largest absolute Gasteiger partial charge is 0.340 e. The molecule has 1 aliphatic heterocycles. The molecule has 1 aliphatic rings. The molecule has 9 heteroatoms. The van der Waals surface area contributed by atoms with Crippen LogP contribution in [-0.2, 0) is 11.3 Å². The van der Waals surface area contributed by atoms with Crippen molar-refractivity contribution in [3.05, 3.63) is 35.7 Å². The molecule has 0 bridgehead atoms. The summed E-state index contributed by atoms with van der Waals surface area (Å²) in [6.07, 6.45) is 1.29. The molecule has 2 heterocycles. The van der Waals surface area contributed by atoms with Crippen molar-refractivity contribution in [2.75, 3.05) is 32.7 Å². The fourth-order valence-corrected chi connectivity index (χ4v) is 2.90. The maximum absolute atomic E-state index is 12.0. The summed E-state index contributed by atoms with van der Waals surface area (Å²) >= 11 is 0. The van der Waals surface area contributed by atoms with Crippen LogP contribution in [0.5, 0.6) is 0 Å². The zero-order valence-electron chi connectivity index (χ0n) is 15.5. The average Bonchev–Trinajstić information content (AvgIpc) is 3.09. The molecule has 27 heavy (non-hydrogen) atoms. The first-order valence-corrected chi connectivity index (χ1v) is 8.75. The molecule has 1 amide bonds. The molecule has 2 aromatic rings. The number of nitrogens with zero attached hydrogens (tertiary/aromatic N) is 4. The third kappa shape index (κ3) is 6.46. The first kappa shape index (κ1) is 23.4. The number of rotatable bonds is 6. The number of carbonyl (C=O) groups is 1. The Labute approximate surface area is 172 Å². The van der Waals surface area contributed by atoms with Crippen LogP contribution in [-0.4, -0.2) is 58.6 Å². The Kier molecular flexibility index (Phi) is 9.73. The van der Waals surface area contributed by atoms with Gasteiger partial charge in [0.1, 0.15) is 0 Å². The number of aryl methyl sites for hydroxylation is 1. The zero-order chi connectivity index (χ0) is 17.6. The predicted octanol–water partition coefficient (Wildman–Crippen LogP) is 2.27. The highest BCUT2D eigenvalue weighted by Gasteiger charge is 2.22. The van der Waals surface area contributed by atoms with Crippen LogP contribution < -0.4 is 5.73 Å². The highest BCUT2D eigenvalue weighted by Crippen LogP contribution is 2.17. The van der Waals surface area contributed by atoms with Crippen LogP contribution in [0.25, 0.3) is 11.4 Å². The molecule has 7 nitrogen and oxygen atoms in total. The maximum Gasteiger partial charge on any atom is 0.241 e. The number of halogens is 2. The fourth-order valence-electron chi connectivity index (χ4n) is 2.90. The lowest BCUT2D eigenvalue weighted by Gasteiger charge is -2.34. The molecule has 1 fully saturated rings. The Morgan fingerprint density at radius 1 is 1.15 bits per heavy atom. The first-order valence-electron chi connectivity index (χ1n) is 8.75. The van der Waals surface area contributed by atoms with Crippen LogP contribution in [0.3, 0.4) is 0 Å². The molecule has 2 N–H and O–H groups in total. The Bertz CT molecular complexity index is 700. The topological polar surface area (TPSA) is 88.5 Å². The van der Waals surface area contributed by atoms with Gasteiger partial charge in [0.05, 0.1) is 6.54 Å². The number of hydrogen-bond donors (Lipinski definition) is 1. The summed E-state index contributed by atoms with van der Waals surface area (Å²) in [6, 6.07) is 8.06. The van der Waals surface area contributed by atoms with Gasteiger partial charge in [-0.05, 0) is 19.9 Å². The zero-order valence-corrected chi connectivity index (χ0v) is 17.1. The SMILES string of the molecule is Cc1ccc(-c2noc(CN3CCN(C(=O)CCCN)CC3)n2)cc1.Cl.Cl. The second-order valence-corrected chi connectivity index (χ2v) is 6.43. The van der Waals surface area contributed by atoms with E-state index in [0.29, 0.717) is 31.2 Å². The number of piperazine rings is 1. The molecule has 1 aromatic carbocycles. The molecule has 0 atom stereocenters. The van der Waals surface area contributed by atoms with Crippen molar-refractivity contribution in [3.8, 4) is 11.4 Å². The number of hydrogen-bond acceptors (Lipinski definition) is 6. The van der Waals surface area contributed by atoms with Gasteiger partial charge in [-0.2, -0.15) is 4.98 Å². The third-order valence-corrected chi connectivity index (χ3v) is 4.46. The lowest BCUT2D eigenvalue weighted by molar-refractivity contribution is -0.133. The summed E-state index contributed by atoms with van der Waals surface area (Å²) in [5.41, 5.74) is 7.62. The molecular weight excluding hydrogens is 389 g/mol. The van der Waals surface area contributed by atoms with Gasteiger partial charge in [-0.3, -0.25) is 9.69 Å². The van der Waals surface area contributed by atoms with E-state index in [1.165, 1.54) is 5.56 Å². The molecule has 0 saturated carbocycles. The van der Waals surface area contributed by atoms with Gasteiger partial charge in [-0.25, -0.2) is 0 Å². The first-order chi connectivity index (χ1) is 12.2. The molecule has 0 aliphatic carbocycles. The van der Waals surface area contributed by atoms with Crippen molar-refractivity contribution in [3.63, 3.8) is 0 Å². The molecule has 3 rings (SSSR count). The summed E-state index contributed by atoms with van der Waals surface area (Å²) in [7, 11) is 0. The standard InChI is InChI=1S/C18H25N5O2.2ClH/c1-14-4-6-15(7-5-14)18-20-16(25-21-18)13-22-9-11-23(12-10-22)17(24)3-2-8-19;;/h4-7H,2-3,8-13,19H2,1H3;2*1H. The Morgan fingerprint density at radius 3 is 2.44 bits per heavy atom. The average molecular weight is 416 g/mol. The normalized spacial score (nSPS) is 14.4. The van der Waals surface area contributed by atoms with Gasteiger partial charge in [0.25, 0.3) is 0 Å². The van der Waals surface area contributed by atoms with Crippen LogP contribution in [0, 0.1) is 6.92 Å². The molecule has 0 unspecified atom stereocenters. The molecular formula is C18H27Cl2N5O2. The van der Waals surface area contributed by atoms with Crippen molar-refractivity contribution in [1.82, 2.24) is 19.9 Å². The number of amides is 1. The van der Waals surface area contributed by atoms with E-state index >= 15 is 0 Å². The minimum absolute atomic E-state index is 0. The highest BCUT2D eigenvalue weighted by molar-refractivity contribution is 5.85. The van der Waals surface area contributed by atoms with E-state index in [2.05, 4.69) is 15.0 Å². The lowest BCUT2D eigenvalue weighted by atomic mass is 10.1. The summed E-state index contributed by atoms with van der Waals surface area (Å²) in [5, 5.41) is 4.07. The number of carbonyl (C=O) groups excluding carboxylic acids is 1.